The van der Waals surface area contributed by atoms with Gasteiger partial charge in [-0.2, -0.15) is 0 Å². The number of rotatable bonds is 8. The predicted octanol–water partition coefficient (Wildman–Crippen LogP) is -6.26. The van der Waals surface area contributed by atoms with Crippen LogP contribution in [-0.4, -0.2) is 158 Å². The van der Waals surface area contributed by atoms with Gasteiger partial charge in [0.2, 0.25) is 11.8 Å². The second-order valence-electron chi connectivity index (χ2n) is 9.78. The van der Waals surface area contributed by atoms with Gasteiger partial charge in [0.15, 0.2) is 18.8 Å². The van der Waals surface area contributed by atoms with E-state index < -0.39 is 117 Å². The monoisotopic (exact) mass is 570 g/mol. The zero-order valence-electron chi connectivity index (χ0n) is 21.5. The van der Waals surface area contributed by atoms with Crippen LogP contribution in [0.15, 0.2) is 0 Å². The van der Waals surface area contributed by atoms with Crippen molar-refractivity contribution in [2.75, 3.05) is 13.2 Å². The summed E-state index contributed by atoms with van der Waals surface area (Å²) in [6, 6.07) is -1.29. The molecule has 3 aliphatic rings. The average molecular weight is 571 g/mol. The zero-order valence-corrected chi connectivity index (χ0v) is 21.5. The van der Waals surface area contributed by atoms with Crippen molar-refractivity contribution >= 4 is 11.8 Å². The molecule has 0 aromatic rings. The second-order valence-corrected chi connectivity index (χ2v) is 9.78. The minimum Gasteiger partial charge on any atom is -0.394 e. The molecule has 0 aromatic heterocycles. The molecule has 0 spiro atoms. The molecular weight excluding hydrogens is 532 g/mol. The summed E-state index contributed by atoms with van der Waals surface area (Å²) in [6.07, 6.45) is -21.7. The molecule has 17 nitrogen and oxygen atoms in total. The van der Waals surface area contributed by atoms with Crippen LogP contribution in [0.5, 0.6) is 0 Å². The number of aliphatic hydroxyl groups is 8. The van der Waals surface area contributed by atoms with Gasteiger partial charge in [0.1, 0.15) is 67.1 Å². The van der Waals surface area contributed by atoms with Gasteiger partial charge in [-0.1, -0.05) is 0 Å². The average Bonchev–Trinajstić information content (AvgIpc) is 2.88. The van der Waals surface area contributed by atoms with Crippen LogP contribution in [0.1, 0.15) is 20.8 Å². The van der Waals surface area contributed by atoms with E-state index in [0.717, 1.165) is 6.92 Å². The fourth-order valence-corrected chi connectivity index (χ4v) is 4.74. The van der Waals surface area contributed by atoms with Crippen molar-refractivity contribution in [3.05, 3.63) is 0 Å². The minimum atomic E-state index is -1.86. The Morgan fingerprint density at radius 2 is 1.18 bits per heavy atom. The van der Waals surface area contributed by atoms with Crippen LogP contribution in [0.25, 0.3) is 0 Å². The summed E-state index contributed by atoms with van der Waals surface area (Å²) in [5.41, 5.74) is 0. The van der Waals surface area contributed by atoms with Gasteiger partial charge in [0.05, 0.1) is 19.3 Å². The lowest BCUT2D eigenvalue weighted by Gasteiger charge is -2.50. The molecule has 2 amide bonds. The Balaban J connectivity index is 1.99. The van der Waals surface area contributed by atoms with Gasteiger partial charge in [0, 0.05) is 13.8 Å². The maximum absolute atomic E-state index is 12.1. The van der Waals surface area contributed by atoms with Crippen LogP contribution in [0.3, 0.4) is 0 Å². The van der Waals surface area contributed by atoms with Gasteiger partial charge < -0.3 is 75.2 Å². The largest absolute Gasteiger partial charge is 0.394 e. The quantitative estimate of drug-likeness (QED) is 0.130. The summed E-state index contributed by atoms with van der Waals surface area (Å²) >= 11 is 0. The van der Waals surface area contributed by atoms with Crippen molar-refractivity contribution in [1.29, 1.82) is 0 Å². The fourth-order valence-electron chi connectivity index (χ4n) is 4.74. The van der Waals surface area contributed by atoms with Crippen molar-refractivity contribution in [3.8, 4) is 0 Å². The number of carbonyl (C=O) groups is 2. The molecule has 3 rings (SSSR count). The SMILES string of the molecule is CC(=O)N[C@@H]1[C@@H](O[C@@H]2O[C@@H](C)[C@@H](O)[C@@H](O)[C@@H]2O)[C@H](O[C@@H]2O[C@H](CO)[C@H](O)[C@H](O)[C@H]2O)[C@@H](CO)O[C@H]1NC(C)=O. The molecule has 17 heteroatoms. The normalized spacial score (nSPS) is 46.9. The Hall–Kier alpha value is -1.58. The van der Waals surface area contributed by atoms with E-state index >= 15 is 0 Å². The molecular formula is C22H38N2O15. The summed E-state index contributed by atoms with van der Waals surface area (Å²) < 4.78 is 28.5. The third-order valence-electron chi connectivity index (χ3n) is 6.83. The van der Waals surface area contributed by atoms with E-state index in [4.69, 9.17) is 23.7 Å². The molecule has 15 atom stereocenters. The second kappa shape index (κ2) is 13.4. The number of carbonyl (C=O) groups excluding carboxylic acids is 2. The van der Waals surface area contributed by atoms with Gasteiger partial charge in [-0.05, 0) is 6.92 Å². The highest BCUT2D eigenvalue weighted by molar-refractivity contribution is 5.75. The molecule has 39 heavy (non-hydrogen) atoms. The first-order valence-corrected chi connectivity index (χ1v) is 12.4. The molecule has 10 N–H and O–H groups in total. The standard InChI is InChI=1S/C22H38N2O15/c1-6-12(29)14(31)16(33)21(35-6)39-19-11(23-7(2)27)20(24-8(3)28)36-10(5-26)18(19)38-22-17(34)15(32)13(30)9(4-25)37-22/h6,9-22,25-26,29-34H,4-5H2,1-3H3,(H,23,27)(H,24,28)/t6-,9+,10+,11+,12+,13-,14+,15-,16-,17+,18+,19+,20+,21-,22-/m0/s1. The van der Waals surface area contributed by atoms with Crippen molar-refractivity contribution in [2.45, 2.75) is 113 Å². The summed E-state index contributed by atoms with van der Waals surface area (Å²) in [4.78, 5) is 24.0. The van der Waals surface area contributed by atoms with E-state index in [2.05, 4.69) is 10.6 Å². The van der Waals surface area contributed by atoms with Crippen molar-refractivity contribution in [3.63, 3.8) is 0 Å². The first kappa shape index (κ1) is 31.9. The molecule has 0 unspecified atom stereocenters. The van der Waals surface area contributed by atoms with Crippen molar-refractivity contribution in [2.24, 2.45) is 0 Å². The molecule has 0 aromatic carbocycles. The third kappa shape index (κ3) is 7.02. The molecule has 226 valence electrons. The summed E-state index contributed by atoms with van der Waals surface area (Å²) in [5, 5.41) is 86.3. The van der Waals surface area contributed by atoms with E-state index in [9.17, 15) is 50.4 Å². The van der Waals surface area contributed by atoms with Gasteiger partial charge >= 0.3 is 0 Å². The third-order valence-corrected chi connectivity index (χ3v) is 6.83. The lowest BCUT2D eigenvalue weighted by atomic mass is 9.93. The smallest absolute Gasteiger partial charge is 0.218 e. The number of ether oxygens (including phenoxy) is 5. The van der Waals surface area contributed by atoms with Gasteiger partial charge in [-0.25, -0.2) is 0 Å². The highest BCUT2D eigenvalue weighted by atomic mass is 16.7. The van der Waals surface area contributed by atoms with Crippen LogP contribution in [-0.2, 0) is 33.3 Å². The molecule has 3 aliphatic heterocycles. The van der Waals surface area contributed by atoms with E-state index in [-0.39, 0.29) is 0 Å². The zero-order chi connectivity index (χ0) is 29.2. The van der Waals surface area contributed by atoms with E-state index in [1.165, 1.54) is 13.8 Å². The maximum Gasteiger partial charge on any atom is 0.218 e. The maximum atomic E-state index is 12.1. The lowest BCUT2D eigenvalue weighted by Crippen LogP contribution is -2.71. The van der Waals surface area contributed by atoms with Crippen molar-refractivity contribution < 1.29 is 74.1 Å². The van der Waals surface area contributed by atoms with Crippen LogP contribution in [0, 0.1) is 0 Å². The van der Waals surface area contributed by atoms with Crippen LogP contribution in [0.4, 0.5) is 0 Å². The summed E-state index contributed by atoms with van der Waals surface area (Å²) in [5.74, 6) is -1.20. The molecule has 3 fully saturated rings. The highest BCUT2D eigenvalue weighted by Gasteiger charge is 2.54. The van der Waals surface area contributed by atoms with Gasteiger partial charge in [-0.15, -0.1) is 0 Å². The summed E-state index contributed by atoms with van der Waals surface area (Å²) in [6.45, 7) is 2.21. The Labute approximate surface area is 223 Å². The summed E-state index contributed by atoms with van der Waals surface area (Å²) in [7, 11) is 0. The first-order valence-electron chi connectivity index (χ1n) is 12.4. The Morgan fingerprint density at radius 3 is 1.72 bits per heavy atom. The van der Waals surface area contributed by atoms with E-state index in [0.29, 0.717) is 0 Å². The molecule has 3 saturated heterocycles. The Morgan fingerprint density at radius 1 is 0.667 bits per heavy atom. The van der Waals surface area contributed by atoms with Crippen LogP contribution >= 0.6 is 0 Å². The number of amides is 2. The topological polar surface area (TPSA) is 266 Å². The number of nitrogens with one attached hydrogen (secondary N) is 2. The minimum absolute atomic E-state index is 0.583. The molecule has 3 heterocycles. The molecule has 0 radical (unpaired) electrons. The van der Waals surface area contributed by atoms with E-state index in [1.807, 2.05) is 0 Å². The molecule has 0 saturated carbocycles. The highest BCUT2D eigenvalue weighted by Crippen LogP contribution is 2.33. The first-order chi connectivity index (χ1) is 18.3. The Kier molecular flexibility index (Phi) is 11.0. The van der Waals surface area contributed by atoms with Gasteiger partial charge in [-0.3, -0.25) is 9.59 Å². The van der Waals surface area contributed by atoms with Crippen molar-refractivity contribution in [1.82, 2.24) is 10.6 Å². The fraction of sp³-hybridized carbons (Fsp3) is 0.909. The lowest BCUT2D eigenvalue weighted by molar-refractivity contribution is -0.361. The number of hydrogen-bond acceptors (Lipinski definition) is 15. The van der Waals surface area contributed by atoms with E-state index in [1.54, 1.807) is 0 Å². The molecule has 0 aliphatic carbocycles. The van der Waals surface area contributed by atoms with Gasteiger partial charge in [0.25, 0.3) is 0 Å². The number of hydrogen-bond donors (Lipinski definition) is 10. The number of aliphatic hydroxyl groups excluding tert-OH is 8. The predicted molar refractivity (Wildman–Crippen MR) is 123 cm³/mol. The van der Waals surface area contributed by atoms with Crippen LogP contribution < -0.4 is 10.6 Å². The Bertz CT molecular complexity index is 835. The molecule has 0 bridgehead atoms. The van der Waals surface area contributed by atoms with Crippen LogP contribution in [0.2, 0.25) is 0 Å².